The summed E-state index contributed by atoms with van der Waals surface area (Å²) in [7, 11) is 0. The van der Waals surface area contributed by atoms with Crippen molar-refractivity contribution in [1.29, 1.82) is 0 Å². The second-order valence-electron chi connectivity index (χ2n) is 4.78. The molecule has 1 aromatic rings. The van der Waals surface area contributed by atoms with Crippen LogP contribution in [0.15, 0.2) is 12.1 Å². The van der Waals surface area contributed by atoms with Crippen LogP contribution in [0.2, 0.25) is 0 Å². The Morgan fingerprint density at radius 1 is 1.31 bits per heavy atom. The topological polar surface area (TPSA) is 77.0 Å². The third-order valence-electron chi connectivity index (χ3n) is 3.25. The van der Waals surface area contributed by atoms with Crippen molar-refractivity contribution in [2.24, 2.45) is 5.92 Å². The number of anilines is 3. The molecule has 0 amide bonds. The van der Waals surface area contributed by atoms with E-state index in [4.69, 9.17) is 11.5 Å². The summed E-state index contributed by atoms with van der Waals surface area (Å²) in [5, 5.41) is 3.43. The minimum absolute atomic E-state index is 0.411. The van der Waals surface area contributed by atoms with E-state index in [9.17, 15) is 0 Å². The number of pyridine rings is 1. The van der Waals surface area contributed by atoms with Crippen LogP contribution in [-0.2, 0) is 0 Å². The summed E-state index contributed by atoms with van der Waals surface area (Å²) >= 11 is 0. The van der Waals surface area contributed by atoms with Crippen LogP contribution in [0.5, 0.6) is 0 Å². The van der Waals surface area contributed by atoms with E-state index in [1.54, 1.807) is 6.07 Å². The molecule has 0 aromatic carbocycles. The lowest BCUT2D eigenvalue weighted by Crippen LogP contribution is -2.26. The van der Waals surface area contributed by atoms with Gasteiger partial charge in [-0.1, -0.05) is 19.8 Å². The molecule has 1 aromatic heterocycles. The first-order chi connectivity index (χ1) is 7.65. The molecule has 4 heteroatoms. The second-order valence-corrected chi connectivity index (χ2v) is 4.78. The lowest BCUT2D eigenvalue weighted by molar-refractivity contribution is 0.358. The van der Waals surface area contributed by atoms with E-state index in [0.29, 0.717) is 17.5 Å². The molecule has 0 aliphatic heterocycles. The number of nitrogens with one attached hydrogen (secondary N) is 1. The summed E-state index contributed by atoms with van der Waals surface area (Å²) in [4.78, 5) is 4.23. The average molecular weight is 220 g/mol. The molecule has 5 N–H and O–H groups in total. The van der Waals surface area contributed by atoms with Crippen LogP contribution in [0.4, 0.5) is 17.3 Å². The molecule has 2 rings (SSSR count). The summed E-state index contributed by atoms with van der Waals surface area (Å²) in [6, 6.07) is 4.22. The Morgan fingerprint density at radius 2 is 2.12 bits per heavy atom. The molecule has 1 aliphatic carbocycles. The summed E-state index contributed by atoms with van der Waals surface area (Å²) in [6.45, 7) is 2.30. The van der Waals surface area contributed by atoms with Crippen LogP contribution in [0.25, 0.3) is 0 Å². The number of nitrogen functional groups attached to an aromatic ring is 2. The highest BCUT2D eigenvalue weighted by Gasteiger charge is 2.18. The molecular weight excluding hydrogens is 200 g/mol. The summed E-state index contributed by atoms with van der Waals surface area (Å²) in [5.74, 6) is 2.05. The predicted molar refractivity (Wildman–Crippen MR) is 68.1 cm³/mol. The van der Waals surface area contributed by atoms with Gasteiger partial charge in [-0.15, -0.1) is 0 Å². The van der Waals surface area contributed by atoms with Crippen molar-refractivity contribution in [1.82, 2.24) is 4.98 Å². The van der Waals surface area contributed by atoms with Gasteiger partial charge in [-0.25, -0.2) is 4.98 Å². The van der Waals surface area contributed by atoms with Crippen molar-refractivity contribution in [2.75, 3.05) is 16.8 Å². The van der Waals surface area contributed by atoms with Gasteiger partial charge in [-0.2, -0.15) is 0 Å². The predicted octanol–water partition coefficient (Wildman–Crippen LogP) is 2.24. The van der Waals surface area contributed by atoms with Crippen molar-refractivity contribution in [3.63, 3.8) is 0 Å². The maximum atomic E-state index is 5.68. The fourth-order valence-corrected chi connectivity index (χ4v) is 2.34. The van der Waals surface area contributed by atoms with E-state index >= 15 is 0 Å². The SMILES string of the molecule is CC1CCCC(Nc2ccc(N)c(N)n2)C1. The van der Waals surface area contributed by atoms with Gasteiger partial charge in [0.1, 0.15) is 11.6 Å². The Hall–Kier alpha value is -1.45. The Morgan fingerprint density at radius 3 is 2.81 bits per heavy atom. The number of aromatic nitrogens is 1. The molecule has 16 heavy (non-hydrogen) atoms. The average Bonchev–Trinajstić information content (AvgIpc) is 2.24. The molecule has 0 radical (unpaired) electrons. The normalized spacial score (nSPS) is 25.3. The molecular formula is C12H20N4. The number of nitrogens with zero attached hydrogens (tertiary/aromatic N) is 1. The molecule has 2 atom stereocenters. The lowest BCUT2D eigenvalue weighted by atomic mass is 9.87. The molecule has 1 fully saturated rings. The van der Waals surface area contributed by atoms with Gasteiger partial charge in [0, 0.05) is 6.04 Å². The van der Waals surface area contributed by atoms with Crippen LogP contribution in [0.1, 0.15) is 32.6 Å². The highest BCUT2D eigenvalue weighted by molar-refractivity contribution is 5.61. The zero-order valence-electron chi connectivity index (χ0n) is 9.74. The zero-order valence-corrected chi connectivity index (χ0v) is 9.74. The van der Waals surface area contributed by atoms with Crippen molar-refractivity contribution >= 4 is 17.3 Å². The van der Waals surface area contributed by atoms with Gasteiger partial charge >= 0.3 is 0 Å². The Balaban J connectivity index is 2.00. The molecule has 1 aliphatic rings. The number of nitrogens with two attached hydrogens (primary N) is 2. The fourth-order valence-electron chi connectivity index (χ4n) is 2.34. The van der Waals surface area contributed by atoms with Gasteiger partial charge in [0.25, 0.3) is 0 Å². The fraction of sp³-hybridized carbons (Fsp3) is 0.583. The zero-order chi connectivity index (χ0) is 11.5. The quantitative estimate of drug-likeness (QED) is 0.714. The smallest absolute Gasteiger partial charge is 0.149 e. The lowest BCUT2D eigenvalue weighted by Gasteiger charge is -2.27. The number of hydrogen-bond donors (Lipinski definition) is 3. The van der Waals surface area contributed by atoms with Crippen LogP contribution in [0.3, 0.4) is 0 Å². The van der Waals surface area contributed by atoms with E-state index in [2.05, 4.69) is 17.2 Å². The first kappa shape index (κ1) is 11.0. The number of rotatable bonds is 2. The third-order valence-corrected chi connectivity index (χ3v) is 3.25. The Bertz CT molecular complexity index is 364. The number of hydrogen-bond acceptors (Lipinski definition) is 4. The van der Waals surface area contributed by atoms with Gasteiger partial charge in [-0.05, 0) is 30.9 Å². The van der Waals surface area contributed by atoms with E-state index < -0.39 is 0 Å². The van der Waals surface area contributed by atoms with Crippen molar-refractivity contribution in [3.8, 4) is 0 Å². The summed E-state index contributed by atoms with van der Waals surface area (Å²) < 4.78 is 0. The van der Waals surface area contributed by atoms with E-state index in [0.717, 1.165) is 11.7 Å². The monoisotopic (exact) mass is 220 g/mol. The molecule has 4 nitrogen and oxygen atoms in total. The molecule has 0 saturated heterocycles. The molecule has 2 unspecified atom stereocenters. The van der Waals surface area contributed by atoms with E-state index in [1.165, 1.54) is 25.7 Å². The van der Waals surface area contributed by atoms with Crippen LogP contribution in [-0.4, -0.2) is 11.0 Å². The van der Waals surface area contributed by atoms with E-state index in [-0.39, 0.29) is 0 Å². The Kier molecular flexibility index (Phi) is 3.17. The first-order valence-corrected chi connectivity index (χ1v) is 5.93. The van der Waals surface area contributed by atoms with Gasteiger partial charge in [0.2, 0.25) is 0 Å². The highest BCUT2D eigenvalue weighted by Crippen LogP contribution is 2.26. The highest BCUT2D eigenvalue weighted by atomic mass is 15.0. The van der Waals surface area contributed by atoms with Crippen molar-refractivity contribution < 1.29 is 0 Å². The first-order valence-electron chi connectivity index (χ1n) is 5.93. The standard InChI is InChI=1S/C12H20N4/c1-8-3-2-4-9(7-8)15-11-6-5-10(13)12(14)16-11/h5-6,8-9H,2-4,7,13H2,1H3,(H3,14,15,16). The van der Waals surface area contributed by atoms with Gasteiger partial charge in [0.15, 0.2) is 0 Å². The minimum Gasteiger partial charge on any atom is -0.396 e. The van der Waals surface area contributed by atoms with E-state index in [1.807, 2.05) is 6.07 Å². The van der Waals surface area contributed by atoms with Crippen molar-refractivity contribution in [2.45, 2.75) is 38.6 Å². The molecule has 1 heterocycles. The maximum absolute atomic E-state index is 5.68. The van der Waals surface area contributed by atoms with Gasteiger partial charge in [0.05, 0.1) is 5.69 Å². The molecule has 0 bridgehead atoms. The third kappa shape index (κ3) is 2.56. The second kappa shape index (κ2) is 4.60. The summed E-state index contributed by atoms with van der Waals surface area (Å²) in [6.07, 6.45) is 5.07. The van der Waals surface area contributed by atoms with Gasteiger partial charge < -0.3 is 16.8 Å². The van der Waals surface area contributed by atoms with Gasteiger partial charge in [-0.3, -0.25) is 0 Å². The van der Waals surface area contributed by atoms with Crippen LogP contribution < -0.4 is 16.8 Å². The van der Waals surface area contributed by atoms with Crippen LogP contribution in [0, 0.1) is 5.92 Å². The summed E-state index contributed by atoms with van der Waals surface area (Å²) in [5.41, 5.74) is 11.8. The maximum Gasteiger partial charge on any atom is 0.149 e. The minimum atomic E-state index is 0.411. The Labute approximate surface area is 96.4 Å². The molecule has 0 spiro atoms. The van der Waals surface area contributed by atoms with Crippen LogP contribution >= 0.6 is 0 Å². The molecule has 1 saturated carbocycles. The largest absolute Gasteiger partial charge is 0.396 e. The van der Waals surface area contributed by atoms with Crippen molar-refractivity contribution in [3.05, 3.63) is 12.1 Å². The molecule has 88 valence electrons.